The van der Waals surface area contributed by atoms with Crippen LogP contribution < -0.4 is 11.1 Å². The van der Waals surface area contributed by atoms with Crippen LogP contribution in [0.15, 0.2) is 102 Å². The number of rotatable bonds is 9. The van der Waals surface area contributed by atoms with Crippen LogP contribution in [-0.2, 0) is 33.0 Å². The molecule has 228 valence electrons. The highest BCUT2D eigenvalue weighted by Gasteiger charge is 2.28. The molecule has 11 heteroatoms. The SMILES string of the molecule is CS(=O)(=O)C1CCN(Cc2ccc(-c3cc4c(CNc5ccccc5)c(N)cnc4n3S(=O)(=O)c3ccccc3)cc2)CC1. The van der Waals surface area contributed by atoms with Crippen LogP contribution in [0.1, 0.15) is 24.0 Å². The van der Waals surface area contributed by atoms with E-state index in [0.29, 0.717) is 48.3 Å². The topological polar surface area (TPSA) is 127 Å². The third-order valence-corrected chi connectivity index (χ3v) is 11.7. The summed E-state index contributed by atoms with van der Waals surface area (Å²) in [7, 11) is -7.04. The molecule has 3 aromatic carbocycles. The van der Waals surface area contributed by atoms with Crippen LogP contribution in [0.2, 0.25) is 0 Å². The van der Waals surface area contributed by atoms with Crippen LogP contribution in [0, 0.1) is 0 Å². The molecule has 0 aliphatic carbocycles. The maximum atomic E-state index is 14.1. The summed E-state index contributed by atoms with van der Waals surface area (Å²) in [4.78, 5) is 6.95. The summed E-state index contributed by atoms with van der Waals surface area (Å²) in [6, 6.07) is 27.8. The van der Waals surface area contributed by atoms with E-state index in [0.717, 1.165) is 35.5 Å². The summed E-state index contributed by atoms with van der Waals surface area (Å²) in [5.41, 5.74) is 11.1. The number of hydrogen-bond acceptors (Lipinski definition) is 8. The predicted octanol–water partition coefficient (Wildman–Crippen LogP) is 5.14. The summed E-state index contributed by atoms with van der Waals surface area (Å²) in [6.45, 7) is 2.51. The monoisotopic (exact) mass is 629 g/mol. The van der Waals surface area contributed by atoms with Crippen molar-refractivity contribution in [2.45, 2.75) is 36.1 Å². The van der Waals surface area contributed by atoms with Gasteiger partial charge in [0.1, 0.15) is 9.84 Å². The lowest BCUT2D eigenvalue weighted by atomic mass is 10.1. The molecule has 3 heterocycles. The molecule has 0 spiro atoms. The van der Waals surface area contributed by atoms with Gasteiger partial charge in [-0.05, 0) is 67.4 Å². The number of hydrogen-bond donors (Lipinski definition) is 2. The van der Waals surface area contributed by atoms with Crippen molar-refractivity contribution in [3.05, 3.63) is 108 Å². The van der Waals surface area contributed by atoms with Crippen molar-refractivity contribution >= 4 is 42.3 Å². The third-order valence-electron chi connectivity index (χ3n) is 8.25. The predicted molar refractivity (Wildman–Crippen MR) is 176 cm³/mol. The van der Waals surface area contributed by atoms with E-state index < -0.39 is 19.9 Å². The molecular weight excluding hydrogens is 595 g/mol. The van der Waals surface area contributed by atoms with Crippen LogP contribution in [0.3, 0.4) is 0 Å². The van der Waals surface area contributed by atoms with E-state index in [1.165, 1.54) is 16.4 Å². The Bertz CT molecular complexity index is 1990. The molecule has 1 aliphatic rings. The first-order valence-electron chi connectivity index (χ1n) is 14.5. The van der Waals surface area contributed by atoms with Gasteiger partial charge in [0.15, 0.2) is 5.65 Å². The van der Waals surface area contributed by atoms with Crippen LogP contribution in [0.5, 0.6) is 0 Å². The lowest BCUT2D eigenvalue weighted by molar-refractivity contribution is 0.222. The van der Waals surface area contributed by atoms with E-state index in [-0.39, 0.29) is 10.1 Å². The van der Waals surface area contributed by atoms with Crippen LogP contribution >= 0.6 is 0 Å². The van der Waals surface area contributed by atoms with E-state index in [4.69, 9.17) is 5.73 Å². The second-order valence-corrected chi connectivity index (χ2v) is 15.4. The van der Waals surface area contributed by atoms with Gasteiger partial charge in [-0.25, -0.2) is 25.8 Å². The Morgan fingerprint density at radius 3 is 2.16 bits per heavy atom. The Labute approximate surface area is 258 Å². The highest BCUT2D eigenvalue weighted by atomic mass is 32.2. The Balaban J connectivity index is 1.37. The number of pyridine rings is 1. The zero-order valence-electron chi connectivity index (χ0n) is 24.4. The summed E-state index contributed by atoms with van der Waals surface area (Å²) < 4.78 is 53.5. The molecule has 5 aromatic rings. The molecule has 6 rings (SSSR count). The van der Waals surface area contributed by atoms with Crippen molar-refractivity contribution in [1.82, 2.24) is 13.9 Å². The molecule has 0 unspecified atom stereocenters. The van der Waals surface area contributed by atoms with Gasteiger partial charge in [0.2, 0.25) is 0 Å². The quantitative estimate of drug-likeness (QED) is 0.229. The average molecular weight is 630 g/mol. The summed E-state index contributed by atoms with van der Waals surface area (Å²) >= 11 is 0. The first kappa shape index (κ1) is 29.9. The fourth-order valence-corrected chi connectivity index (χ4v) is 8.38. The van der Waals surface area contributed by atoms with Gasteiger partial charge in [-0.2, -0.15) is 0 Å². The third kappa shape index (κ3) is 6.08. The van der Waals surface area contributed by atoms with Gasteiger partial charge in [-0.15, -0.1) is 0 Å². The molecule has 3 N–H and O–H groups in total. The van der Waals surface area contributed by atoms with Crippen molar-refractivity contribution in [2.75, 3.05) is 30.4 Å². The van der Waals surface area contributed by atoms with E-state index in [9.17, 15) is 16.8 Å². The molecule has 1 saturated heterocycles. The number of fused-ring (bicyclic) bond motifs is 1. The smallest absolute Gasteiger partial charge is 0.269 e. The van der Waals surface area contributed by atoms with Crippen molar-refractivity contribution in [2.24, 2.45) is 0 Å². The fraction of sp³-hybridized carbons (Fsp3) is 0.242. The van der Waals surface area contributed by atoms with Crippen LogP contribution in [-0.4, -0.2) is 55.3 Å². The van der Waals surface area contributed by atoms with Gasteiger partial charge in [-0.3, -0.25) is 4.90 Å². The number of nitrogen functional groups attached to an aromatic ring is 1. The maximum absolute atomic E-state index is 14.1. The number of nitrogens with two attached hydrogens (primary N) is 1. The van der Waals surface area contributed by atoms with Crippen LogP contribution in [0.25, 0.3) is 22.3 Å². The minimum atomic E-state index is -4.01. The fourth-order valence-electron chi connectivity index (χ4n) is 5.81. The second kappa shape index (κ2) is 12.1. The first-order valence-corrected chi connectivity index (χ1v) is 17.9. The largest absolute Gasteiger partial charge is 0.397 e. The van der Waals surface area contributed by atoms with E-state index >= 15 is 0 Å². The Hall–Kier alpha value is -4.19. The molecule has 0 radical (unpaired) electrons. The summed E-state index contributed by atoms with van der Waals surface area (Å²) in [5, 5.41) is 3.77. The number of nitrogens with one attached hydrogen (secondary N) is 1. The van der Waals surface area contributed by atoms with Crippen molar-refractivity contribution in [3.8, 4) is 11.3 Å². The lowest BCUT2D eigenvalue weighted by Gasteiger charge is -2.31. The number of nitrogens with zero attached hydrogens (tertiary/aromatic N) is 3. The normalized spacial score (nSPS) is 15.0. The molecule has 0 atom stereocenters. The molecular formula is C33H35N5O4S2. The highest BCUT2D eigenvalue weighted by Crippen LogP contribution is 2.35. The van der Waals surface area contributed by atoms with Crippen molar-refractivity contribution in [1.29, 1.82) is 0 Å². The number of aromatic nitrogens is 2. The van der Waals surface area contributed by atoms with E-state index in [1.54, 1.807) is 30.3 Å². The van der Waals surface area contributed by atoms with E-state index in [1.807, 2.05) is 60.7 Å². The first-order chi connectivity index (χ1) is 21.1. The highest BCUT2D eigenvalue weighted by molar-refractivity contribution is 7.91. The number of likely N-dealkylation sites (tertiary alicyclic amines) is 1. The van der Waals surface area contributed by atoms with Gasteiger partial charge in [0.25, 0.3) is 10.0 Å². The van der Waals surface area contributed by atoms with Gasteiger partial charge < -0.3 is 11.1 Å². The number of sulfone groups is 1. The Morgan fingerprint density at radius 1 is 0.886 bits per heavy atom. The number of benzene rings is 3. The standard InChI is InChI=1S/C33H35N5O4S2/c1-43(39,40)27-16-18-37(19-17-27)23-24-12-14-25(15-13-24)32-20-29-30(21-35-26-8-4-2-5-9-26)31(34)22-36-33(29)38(32)44(41,42)28-10-6-3-7-11-28/h2-15,20,22,27,35H,16-19,21,23,34H2,1H3. The summed E-state index contributed by atoms with van der Waals surface area (Å²) in [6.07, 6.45) is 4.09. The van der Waals surface area contributed by atoms with Gasteiger partial charge >= 0.3 is 0 Å². The Morgan fingerprint density at radius 2 is 1.52 bits per heavy atom. The molecule has 1 aliphatic heterocycles. The molecule has 0 saturated carbocycles. The van der Waals surface area contributed by atoms with Crippen molar-refractivity contribution in [3.63, 3.8) is 0 Å². The van der Waals surface area contributed by atoms with Gasteiger partial charge in [0, 0.05) is 36.0 Å². The molecule has 2 aromatic heterocycles. The zero-order valence-corrected chi connectivity index (χ0v) is 26.1. The number of anilines is 2. The second-order valence-electron chi connectivity index (χ2n) is 11.3. The molecule has 44 heavy (non-hydrogen) atoms. The lowest BCUT2D eigenvalue weighted by Crippen LogP contribution is -2.38. The molecule has 0 bridgehead atoms. The average Bonchev–Trinajstić information content (AvgIpc) is 3.42. The van der Waals surface area contributed by atoms with Crippen LogP contribution in [0.4, 0.5) is 11.4 Å². The zero-order chi connectivity index (χ0) is 30.9. The molecule has 1 fully saturated rings. The Kier molecular flexibility index (Phi) is 8.19. The van der Waals surface area contributed by atoms with Gasteiger partial charge in [-0.1, -0.05) is 60.7 Å². The molecule has 0 amide bonds. The number of piperidine rings is 1. The van der Waals surface area contributed by atoms with Crippen molar-refractivity contribution < 1.29 is 16.8 Å². The van der Waals surface area contributed by atoms with Gasteiger partial charge in [0.05, 0.1) is 27.7 Å². The summed E-state index contributed by atoms with van der Waals surface area (Å²) in [5.74, 6) is 0. The number of para-hydroxylation sites is 1. The minimum absolute atomic E-state index is 0.162. The maximum Gasteiger partial charge on any atom is 0.269 e. The van der Waals surface area contributed by atoms with E-state index in [2.05, 4.69) is 15.2 Å². The minimum Gasteiger partial charge on any atom is -0.397 e. The molecule has 9 nitrogen and oxygen atoms in total.